The maximum atomic E-state index is 10.7. The van der Waals surface area contributed by atoms with Crippen LogP contribution >= 0.6 is 0 Å². The Hall–Kier alpha value is -1.35. The highest BCUT2D eigenvalue weighted by Crippen LogP contribution is 2.20. The molecule has 1 aliphatic rings. The van der Waals surface area contributed by atoms with Crippen molar-refractivity contribution in [3.63, 3.8) is 0 Å². The molecule has 1 aliphatic heterocycles. The maximum Gasteiger partial charge on any atom is 0.153 e. The highest BCUT2D eigenvalue weighted by atomic mass is 16.5. The molecule has 0 saturated carbocycles. The third-order valence-electron chi connectivity index (χ3n) is 2.23. The van der Waals surface area contributed by atoms with Gasteiger partial charge < -0.3 is 9.47 Å². The first-order valence-corrected chi connectivity index (χ1v) is 4.69. The lowest BCUT2D eigenvalue weighted by molar-refractivity contribution is 0.111. The maximum absolute atomic E-state index is 10.7. The summed E-state index contributed by atoms with van der Waals surface area (Å²) in [6.07, 6.45) is 1.80. The summed E-state index contributed by atoms with van der Waals surface area (Å²) in [6.45, 7) is 1.36. The summed E-state index contributed by atoms with van der Waals surface area (Å²) >= 11 is 0. The van der Waals surface area contributed by atoms with Gasteiger partial charge in [-0.1, -0.05) is 12.1 Å². The van der Waals surface area contributed by atoms with E-state index in [0.717, 1.165) is 19.3 Å². The van der Waals surface area contributed by atoms with Crippen molar-refractivity contribution < 1.29 is 14.3 Å². The number of rotatable bonds is 3. The Kier molecular flexibility index (Phi) is 2.79. The summed E-state index contributed by atoms with van der Waals surface area (Å²) in [6, 6.07) is 7.24. The molecule has 0 aliphatic carbocycles. The molecular weight excluding hydrogens is 180 g/mol. The van der Waals surface area contributed by atoms with Crippen LogP contribution in [0.4, 0.5) is 0 Å². The van der Waals surface area contributed by atoms with Gasteiger partial charge in [-0.25, -0.2) is 0 Å². The van der Waals surface area contributed by atoms with Crippen LogP contribution in [0.25, 0.3) is 0 Å². The Morgan fingerprint density at radius 1 is 1.43 bits per heavy atom. The third-order valence-corrected chi connectivity index (χ3v) is 2.23. The molecule has 2 rings (SSSR count). The van der Waals surface area contributed by atoms with Gasteiger partial charge in [-0.3, -0.25) is 4.79 Å². The second kappa shape index (κ2) is 4.24. The first-order valence-electron chi connectivity index (χ1n) is 4.69. The van der Waals surface area contributed by atoms with Crippen molar-refractivity contribution in [1.29, 1.82) is 0 Å². The Morgan fingerprint density at radius 3 is 3.00 bits per heavy atom. The molecule has 1 saturated heterocycles. The summed E-state index contributed by atoms with van der Waals surface area (Å²) in [5, 5.41) is 0. The van der Waals surface area contributed by atoms with Crippen LogP contribution in [0.1, 0.15) is 16.8 Å². The van der Waals surface area contributed by atoms with E-state index in [0.29, 0.717) is 17.9 Å². The Labute approximate surface area is 82.6 Å². The number of carbonyl (C=O) groups excluding carboxylic acids is 1. The van der Waals surface area contributed by atoms with Gasteiger partial charge in [0.2, 0.25) is 0 Å². The molecular formula is C11H12O3. The molecule has 1 aromatic rings. The first-order chi connectivity index (χ1) is 6.90. The van der Waals surface area contributed by atoms with E-state index >= 15 is 0 Å². The normalized spacial score (nSPS) is 20.7. The van der Waals surface area contributed by atoms with Gasteiger partial charge in [-0.05, 0) is 12.1 Å². The fraction of sp³-hybridized carbons (Fsp3) is 0.364. The van der Waals surface area contributed by atoms with Gasteiger partial charge >= 0.3 is 0 Å². The quantitative estimate of drug-likeness (QED) is 0.683. The van der Waals surface area contributed by atoms with Crippen LogP contribution in [0, 0.1) is 0 Å². The molecule has 1 heterocycles. The van der Waals surface area contributed by atoms with Gasteiger partial charge in [0.25, 0.3) is 0 Å². The van der Waals surface area contributed by atoms with Gasteiger partial charge in [0, 0.05) is 6.42 Å². The number of hydrogen-bond donors (Lipinski definition) is 0. The summed E-state index contributed by atoms with van der Waals surface area (Å²) in [7, 11) is 0. The predicted molar refractivity (Wildman–Crippen MR) is 51.7 cm³/mol. The van der Waals surface area contributed by atoms with Crippen LogP contribution in [0.3, 0.4) is 0 Å². The Balaban J connectivity index is 2.10. The van der Waals surface area contributed by atoms with Crippen molar-refractivity contribution in [2.45, 2.75) is 12.5 Å². The molecule has 0 aromatic heterocycles. The van der Waals surface area contributed by atoms with Gasteiger partial charge in [0.15, 0.2) is 6.29 Å². The minimum absolute atomic E-state index is 0.0936. The van der Waals surface area contributed by atoms with Crippen molar-refractivity contribution in [2.75, 3.05) is 13.2 Å². The van der Waals surface area contributed by atoms with Crippen LogP contribution in [0.2, 0.25) is 0 Å². The number of hydrogen-bond acceptors (Lipinski definition) is 3. The van der Waals surface area contributed by atoms with E-state index in [1.807, 2.05) is 18.2 Å². The average molecular weight is 192 g/mol. The predicted octanol–water partition coefficient (Wildman–Crippen LogP) is 1.67. The molecule has 1 unspecified atom stereocenters. The van der Waals surface area contributed by atoms with Crippen LogP contribution in [-0.4, -0.2) is 25.6 Å². The molecule has 0 spiro atoms. The zero-order valence-corrected chi connectivity index (χ0v) is 7.81. The van der Waals surface area contributed by atoms with Gasteiger partial charge in [-0.15, -0.1) is 0 Å². The molecule has 0 bridgehead atoms. The van der Waals surface area contributed by atoms with Crippen LogP contribution in [0.15, 0.2) is 24.3 Å². The van der Waals surface area contributed by atoms with E-state index in [2.05, 4.69) is 0 Å². The van der Waals surface area contributed by atoms with E-state index in [1.54, 1.807) is 6.07 Å². The van der Waals surface area contributed by atoms with Crippen molar-refractivity contribution >= 4 is 6.29 Å². The molecule has 3 heteroatoms. The standard InChI is InChI=1S/C11H12O3/c12-7-9-3-1-2-4-11(9)14-10-5-6-13-8-10/h1-4,7,10H,5-6,8H2. The lowest BCUT2D eigenvalue weighted by Gasteiger charge is -2.12. The highest BCUT2D eigenvalue weighted by molar-refractivity contribution is 5.79. The summed E-state index contributed by atoms with van der Waals surface area (Å²) in [5.41, 5.74) is 0.597. The number of benzene rings is 1. The summed E-state index contributed by atoms with van der Waals surface area (Å²) < 4.78 is 10.8. The van der Waals surface area contributed by atoms with Crippen LogP contribution < -0.4 is 4.74 Å². The fourth-order valence-corrected chi connectivity index (χ4v) is 1.47. The summed E-state index contributed by atoms with van der Waals surface area (Å²) in [4.78, 5) is 10.7. The smallest absolute Gasteiger partial charge is 0.153 e. The zero-order valence-electron chi connectivity index (χ0n) is 7.81. The average Bonchev–Trinajstić information content (AvgIpc) is 2.71. The molecule has 14 heavy (non-hydrogen) atoms. The monoisotopic (exact) mass is 192 g/mol. The van der Waals surface area contributed by atoms with E-state index in [9.17, 15) is 4.79 Å². The second-order valence-electron chi connectivity index (χ2n) is 3.26. The molecule has 1 fully saturated rings. The third kappa shape index (κ3) is 1.93. The zero-order chi connectivity index (χ0) is 9.80. The molecule has 74 valence electrons. The SMILES string of the molecule is O=Cc1ccccc1OC1CCOC1. The van der Waals surface area contributed by atoms with Crippen LogP contribution in [-0.2, 0) is 4.74 Å². The molecule has 0 N–H and O–H groups in total. The lowest BCUT2D eigenvalue weighted by Crippen LogP contribution is -2.16. The molecule has 0 radical (unpaired) electrons. The van der Waals surface area contributed by atoms with E-state index in [4.69, 9.17) is 9.47 Å². The Bertz CT molecular complexity index is 316. The van der Waals surface area contributed by atoms with E-state index < -0.39 is 0 Å². The molecule has 1 aromatic carbocycles. The second-order valence-corrected chi connectivity index (χ2v) is 3.26. The number of para-hydroxylation sites is 1. The molecule has 0 amide bonds. The summed E-state index contributed by atoms with van der Waals surface area (Å²) in [5.74, 6) is 0.651. The number of carbonyl (C=O) groups is 1. The van der Waals surface area contributed by atoms with Gasteiger partial charge in [0.1, 0.15) is 11.9 Å². The molecule has 3 nitrogen and oxygen atoms in total. The largest absolute Gasteiger partial charge is 0.487 e. The Morgan fingerprint density at radius 2 is 2.29 bits per heavy atom. The lowest BCUT2D eigenvalue weighted by atomic mass is 10.2. The van der Waals surface area contributed by atoms with E-state index in [-0.39, 0.29) is 6.10 Å². The van der Waals surface area contributed by atoms with Gasteiger partial charge in [0.05, 0.1) is 18.8 Å². The first kappa shape index (κ1) is 9.21. The van der Waals surface area contributed by atoms with Crippen molar-refractivity contribution in [3.05, 3.63) is 29.8 Å². The molecule has 1 atom stereocenters. The van der Waals surface area contributed by atoms with Gasteiger partial charge in [-0.2, -0.15) is 0 Å². The topological polar surface area (TPSA) is 35.5 Å². The van der Waals surface area contributed by atoms with Crippen molar-refractivity contribution in [1.82, 2.24) is 0 Å². The fourth-order valence-electron chi connectivity index (χ4n) is 1.47. The number of aldehydes is 1. The van der Waals surface area contributed by atoms with Crippen molar-refractivity contribution in [2.24, 2.45) is 0 Å². The van der Waals surface area contributed by atoms with Crippen LogP contribution in [0.5, 0.6) is 5.75 Å². The number of ether oxygens (including phenoxy) is 2. The highest BCUT2D eigenvalue weighted by Gasteiger charge is 2.18. The minimum Gasteiger partial charge on any atom is -0.487 e. The van der Waals surface area contributed by atoms with Crippen molar-refractivity contribution in [3.8, 4) is 5.75 Å². The van der Waals surface area contributed by atoms with E-state index in [1.165, 1.54) is 0 Å². The minimum atomic E-state index is 0.0936.